The molecule has 3 aromatic carbocycles. The van der Waals surface area contributed by atoms with Crippen molar-refractivity contribution < 1.29 is 29.1 Å². The number of carbonyl (C=O) groups is 3. The molecule has 2 aliphatic rings. The van der Waals surface area contributed by atoms with Crippen LogP contribution in [-0.4, -0.2) is 67.2 Å². The van der Waals surface area contributed by atoms with Crippen LogP contribution < -0.4 is 16.1 Å². The van der Waals surface area contributed by atoms with Gasteiger partial charge in [0.05, 0.1) is 42.3 Å². The van der Waals surface area contributed by atoms with E-state index in [1.165, 1.54) is 12.1 Å². The van der Waals surface area contributed by atoms with Gasteiger partial charge in [-0.1, -0.05) is 36.4 Å². The zero-order valence-corrected chi connectivity index (χ0v) is 21.1. The average molecular weight is 529 g/mol. The summed E-state index contributed by atoms with van der Waals surface area (Å²) in [6.07, 6.45) is 0. The van der Waals surface area contributed by atoms with Crippen molar-refractivity contribution >= 4 is 40.4 Å². The number of ether oxygens (including phenoxy) is 1. The molecule has 1 saturated heterocycles. The van der Waals surface area contributed by atoms with Crippen molar-refractivity contribution in [1.82, 2.24) is 10.4 Å². The molecule has 0 aliphatic carbocycles. The Balaban J connectivity index is 1.32. The summed E-state index contributed by atoms with van der Waals surface area (Å²) in [6.45, 7) is 4.19. The first kappa shape index (κ1) is 26.1. The molecule has 1 fully saturated rings. The lowest BCUT2D eigenvalue weighted by atomic mass is 9.99. The number of hydroxylamine groups is 1. The first-order valence-corrected chi connectivity index (χ1v) is 12.6. The molecule has 3 aromatic rings. The van der Waals surface area contributed by atoms with E-state index < -0.39 is 5.97 Å². The van der Waals surface area contributed by atoms with E-state index in [-0.39, 0.29) is 17.4 Å². The molecule has 10 heteroatoms. The van der Waals surface area contributed by atoms with Crippen molar-refractivity contribution in [3.63, 3.8) is 0 Å². The number of amides is 2. The van der Waals surface area contributed by atoms with Gasteiger partial charge in [-0.15, -0.1) is 0 Å². The van der Waals surface area contributed by atoms with E-state index >= 15 is 0 Å². The first-order chi connectivity index (χ1) is 19.0. The number of benzene rings is 3. The molecule has 0 radical (unpaired) electrons. The van der Waals surface area contributed by atoms with Crippen molar-refractivity contribution in [1.29, 1.82) is 0 Å². The molecule has 5 rings (SSSR count). The number of morpholine rings is 1. The number of hydrogen-bond acceptors (Lipinski definition) is 7. The highest BCUT2D eigenvalue weighted by molar-refractivity contribution is 6.37. The van der Waals surface area contributed by atoms with Crippen molar-refractivity contribution in [3.8, 4) is 0 Å². The Hall–Kier alpha value is -4.51. The Bertz CT molecular complexity index is 1400. The Labute approximate surface area is 225 Å². The van der Waals surface area contributed by atoms with E-state index in [1.807, 2.05) is 30.3 Å². The zero-order chi connectivity index (χ0) is 27.2. The van der Waals surface area contributed by atoms with E-state index in [2.05, 4.69) is 21.0 Å². The van der Waals surface area contributed by atoms with Gasteiger partial charge >= 0.3 is 5.97 Å². The maximum atomic E-state index is 13.1. The lowest BCUT2D eigenvalue weighted by Crippen LogP contribution is -2.39. The number of carboxylic acid groups (broad SMARTS) is 1. The number of anilines is 2. The van der Waals surface area contributed by atoms with Gasteiger partial charge in [-0.05, 0) is 42.0 Å². The van der Waals surface area contributed by atoms with Crippen LogP contribution in [0, 0.1) is 0 Å². The number of carbonyl (C=O) groups excluding carboxylic acids is 2. The standard InChI is InChI=1S/C29H28N4O6/c34-27(32-39-17-14-33-12-15-38-16-13-33)20-6-9-22(10-7-20)30-26(19-4-2-1-3-5-19)25-23-11-8-21(29(36)37)18-24(23)31-28(25)35/h1-11,18,30H,12-17H2,(H,31,35)(H,32,34)(H,36,37)/b26-25-. The van der Waals surface area contributed by atoms with Crippen molar-refractivity contribution in [2.45, 2.75) is 0 Å². The molecular formula is C29H28N4O6. The number of fused-ring (bicyclic) bond motifs is 1. The molecule has 4 N–H and O–H groups in total. The second-order valence-corrected chi connectivity index (χ2v) is 9.07. The fourth-order valence-corrected chi connectivity index (χ4v) is 4.46. The highest BCUT2D eigenvalue weighted by Gasteiger charge is 2.29. The first-order valence-electron chi connectivity index (χ1n) is 12.6. The minimum Gasteiger partial charge on any atom is -0.478 e. The van der Waals surface area contributed by atoms with Crippen LogP contribution in [0.4, 0.5) is 11.4 Å². The maximum absolute atomic E-state index is 13.1. The molecule has 2 heterocycles. The number of carboxylic acids is 1. The normalized spacial score (nSPS) is 16.3. The van der Waals surface area contributed by atoms with E-state index in [4.69, 9.17) is 9.57 Å². The number of nitrogens with one attached hydrogen (secondary N) is 3. The maximum Gasteiger partial charge on any atom is 0.335 e. The third-order valence-corrected chi connectivity index (χ3v) is 6.52. The molecule has 10 nitrogen and oxygen atoms in total. The highest BCUT2D eigenvalue weighted by atomic mass is 16.7. The van der Waals surface area contributed by atoms with Gasteiger partial charge in [-0.2, -0.15) is 0 Å². The van der Waals surface area contributed by atoms with Crippen molar-refractivity contribution in [2.24, 2.45) is 0 Å². The molecule has 0 bridgehead atoms. The summed E-state index contributed by atoms with van der Waals surface area (Å²) in [6, 6.07) is 20.7. The summed E-state index contributed by atoms with van der Waals surface area (Å²) in [4.78, 5) is 44.5. The second-order valence-electron chi connectivity index (χ2n) is 9.07. The van der Waals surface area contributed by atoms with E-state index in [1.54, 1.807) is 30.3 Å². The number of nitrogens with zero attached hydrogens (tertiary/aromatic N) is 1. The van der Waals surface area contributed by atoms with Crippen LogP contribution in [0.15, 0.2) is 72.8 Å². The highest BCUT2D eigenvalue weighted by Crippen LogP contribution is 2.38. The van der Waals surface area contributed by atoms with Crippen LogP contribution in [0.2, 0.25) is 0 Å². The van der Waals surface area contributed by atoms with Gasteiger partial charge in [0.15, 0.2) is 0 Å². The molecule has 2 aliphatic heterocycles. The monoisotopic (exact) mass is 528 g/mol. The van der Waals surface area contributed by atoms with Gasteiger partial charge in [0.1, 0.15) is 0 Å². The second kappa shape index (κ2) is 11.9. The Morgan fingerprint density at radius 2 is 1.67 bits per heavy atom. The molecule has 39 heavy (non-hydrogen) atoms. The number of aromatic carboxylic acids is 1. The molecule has 0 atom stereocenters. The SMILES string of the molecule is O=C1Nc2cc(C(=O)O)ccc2/C1=C(/Nc1ccc(C(=O)NOCCN2CCOCC2)cc1)c1ccccc1. The lowest BCUT2D eigenvalue weighted by Gasteiger charge is -2.26. The van der Waals surface area contributed by atoms with Crippen LogP contribution in [0.3, 0.4) is 0 Å². The summed E-state index contributed by atoms with van der Waals surface area (Å²) in [5.41, 5.74) is 6.40. The third-order valence-electron chi connectivity index (χ3n) is 6.52. The van der Waals surface area contributed by atoms with Gasteiger partial charge < -0.3 is 20.5 Å². The molecule has 0 aromatic heterocycles. The summed E-state index contributed by atoms with van der Waals surface area (Å²) in [5, 5.41) is 15.4. The Morgan fingerprint density at radius 1 is 0.949 bits per heavy atom. The molecular weight excluding hydrogens is 500 g/mol. The van der Waals surface area contributed by atoms with Crippen LogP contribution in [0.25, 0.3) is 11.3 Å². The molecule has 0 spiro atoms. The largest absolute Gasteiger partial charge is 0.478 e. The van der Waals surface area contributed by atoms with Crippen molar-refractivity contribution in [3.05, 3.63) is 95.1 Å². The van der Waals surface area contributed by atoms with Gasteiger partial charge in [0.2, 0.25) is 0 Å². The van der Waals surface area contributed by atoms with E-state index in [0.717, 1.165) is 18.7 Å². The summed E-state index contributed by atoms with van der Waals surface area (Å²) >= 11 is 0. The Kier molecular flexibility index (Phi) is 7.97. The molecule has 200 valence electrons. The summed E-state index contributed by atoms with van der Waals surface area (Å²) in [7, 11) is 0. The predicted molar refractivity (Wildman–Crippen MR) is 146 cm³/mol. The minimum absolute atomic E-state index is 0.0865. The zero-order valence-electron chi connectivity index (χ0n) is 21.1. The van der Waals surface area contributed by atoms with Gasteiger partial charge in [-0.25, -0.2) is 10.3 Å². The quantitative estimate of drug-likeness (QED) is 0.189. The summed E-state index contributed by atoms with van der Waals surface area (Å²) in [5.74, 6) is -1.77. The molecule has 2 amide bonds. The number of hydrogen-bond donors (Lipinski definition) is 4. The number of rotatable bonds is 9. The van der Waals surface area contributed by atoms with Crippen molar-refractivity contribution in [2.75, 3.05) is 50.1 Å². The van der Waals surface area contributed by atoms with Gasteiger partial charge in [0, 0.05) is 36.4 Å². The smallest absolute Gasteiger partial charge is 0.335 e. The minimum atomic E-state index is -1.07. The Morgan fingerprint density at radius 3 is 2.38 bits per heavy atom. The van der Waals surface area contributed by atoms with E-state index in [0.29, 0.717) is 60.1 Å². The van der Waals surface area contributed by atoms with Crippen LogP contribution in [-0.2, 0) is 14.4 Å². The topological polar surface area (TPSA) is 129 Å². The molecule has 0 saturated carbocycles. The van der Waals surface area contributed by atoms with Gasteiger partial charge in [0.25, 0.3) is 11.8 Å². The van der Waals surface area contributed by atoms with E-state index in [9.17, 15) is 19.5 Å². The summed E-state index contributed by atoms with van der Waals surface area (Å²) < 4.78 is 5.32. The van der Waals surface area contributed by atoms with Crippen LogP contribution >= 0.6 is 0 Å². The van der Waals surface area contributed by atoms with Crippen LogP contribution in [0.5, 0.6) is 0 Å². The lowest BCUT2D eigenvalue weighted by molar-refractivity contribution is -0.110. The van der Waals surface area contributed by atoms with Crippen LogP contribution in [0.1, 0.15) is 31.8 Å². The fraction of sp³-hybridized carbons (Fsp3) is 0.207. The fourth-order valence-electron chi connectivity index (χ4n) is 4.46. The predicted octanol–water partition coefficient (Wildman–Crippen LogP) is 3.31. The molecule has 0 unspecified atom stereocenters. The third kappa shape index (κ3) is 6.15. The average Bonchev–Trinajstić information content (AvgIpc) is 3.30. The van der Waals surface area contributed by atoms with Gasteiger partial charge in [-0.3, -0.25) is 19.3 Å².